The summed E-state index contributed by atoms with van der Waals surface area (Å²) in [6.07, 6.45) is 4.38. The number of benzene rings is 1. The lowest BCUT2D eigenvalue weighted by Gasteiger charge is -2.30. The van der Waals surface area contributed by atoms with E-state index in [1.165, 1.54) is 13.2 Å². The number of halogens is 1. The van der Waals surface area contributed by atoms with Gasteiger partial charge in [0.15, 0.2) is 0 Å². The Labute approximate surface area is 176 Å². The highest BCUT2D eigenvalue weighted by molar-refractivity contribution is 5.80. The number of pyridine rings is 1. The highest BCUT2D eigenvalue weighted by Crippen LogP contribution is 2.31. The van der Waals surface area contributed by atoms with E-state index in [-0.39, 0.29) is 30.1 Å². The van der Waals surface area contributed by atoms with E-state index >= 15 is 0 Å². The molecule has 3 rings (SSSR count). The summed E-state index contributed by atoms with van der Waals surface area (Å²) < 4.78 is 19.5. The van der Waals surface area contributed by atoms with E-state index in [2.05, 4.69) is 15.6 Å². The Morgan fingerprint density at radius 2 is 2.20 bits per heavy atom. The molecule has 30 heavy (non-hydrogen) atoms. The van der Waals surface area contributed by atoms with Crippen molar-refractivity contribution in [2.24, 2.45) is 0 Å². The molecule has 1 aliphatic heterocycles. The van der Waals surface area contributed by atoms with Gasteiger partial charge in [0.2, 0.25) is 11.8 Å². The second-order valence-corrected chi connectivity index (χ2v) is 7.96. The summed E-state index contributed by atoms with van der Waals surface area (Å²) in [6.45, 7) is 1.94. The Morgan fingerprint density at radius 1 is 1.37 bits per heavy atom. The average Bonchev–Trinajstić information content (AvgIpc) is 3.09. The zero-order chi connectivity index (χ0) is 21.6. The van der Waals surface area contributed by atoms with E-state index in [1.54, 1.807) is 18.3 Å². The molecule has 0 aliphatic carbocycles. The van der Waals surface area contributed by atoms with Crippen LogP contribution < -0.4 is 15.4 Å². The average molecular weight is 413 g/mol. The topological polar surface area (TPSA) is 80.3 Å². The van der Waals surface area contributed by atoms with Gasteiger partial charge < -0.3 is 15.4 Å². The van der Waals surface area contributed by atoms with Gasteiger partial charge in [0.25, 0.3) is 0 Å². The summed E-state index contributed by atoms with van der Waals surface area (Å²) in [7, 11) is 1.49. The molecule has 1 aromatic heterocycles. The number of hydrogen-bond acceptors (Lipinski definition) is 4. The van der Waals surface area contributed by atoms with Gasteiger partial charge in [-0.25, -0.2) is 4.39 Å². The van der Waals surface area contributed by atoms with E-state index in [1.807, 2.05) is 25.1 Å². The van der Waals surface area contributed by atoms with Gasteiger partial charge in [0, 0.05) is 48.8 Å². The van der Waals surface area contributed by atoms with Crippen LogP contribution in [0.25, 0.3) is 0 Å². The number of nitrogens with one attached hydrogen (secondary N) is 2. The van der Waals surface area contributed by atoms with Crippen molar-refractivity contribution in [1.82, 2.24) is 15.6 Å². The van der Waals surface area contributed by atoms with E-state index < -0.39 is 5.54 Å². The molecule has 1 aromatic carbocycles. The van der Waals surface area contributed by atoms with Gasteiger partial charge in [0.1, 0.15) is 11.6 Å². The van der Waals surface area contributed by atoms with Gasteiger partial charge in [0.05, 0.1) is 7.11 Å². The molecule has 1 saturated heterocycles. The van der Waals surface area contributed by atoms with Gasteiger partial charge in [-0.2, -0.15) is 0 Å². The maximum absolute atomic E-state index is 14.5. The molecule has 2 N–H and O–H groups in total. The van der Waals surface area contributed by atoms with Gasteiger partial charge >= 0.3 is 0 Å². The number of aromatic nitrogens is 1. The molecule has 0 saturated carbocycles. The van der Waals surface area contributed by atoms with Crippen LogP contribution in [0.5, 0.6) is 5.75 Å². The largest absolute Gasteiger partial charge is 0.497 e. The molecular formula is C23H28FN3O3. The fourth-order valence-corrected chi connectivity index (χ4v) is 3.93. The van der Waals surface area contributed by atoms with E-state index in [4.69, 9.17) is 4.74 Å². The van der Waals surface area contributed by atoms with Crippen LogP contribution in [0.1, 0.15) is 43.9 Å². The third kappa shape index (κ3) is 5.78. The number of methoxy groups -OCH3 is 1. The molecule has 2 unspecified atom stereocenters. The molecule has 7 heteroatoms. The van der Waals surface area contributed by atoms with Gasteiger partial charge in [-0.1, -0.05) is 12.1 Å². The zero-order valence-corrected chi connectivity index (χ0v) is 17.4. The Morgan fingerprint density at radius 3 is 2.83 bits per heavy atom. The molecular weight excluding hydrogens is 385 g/mol. The van der Waals surface area contributed by atoms with Crippen LogP contribution in [0.2, 0.25) is 0 Å². The van der Waals surface area contributed by atoms with Crippen molar-refractivity contribution in [1.29, 1.82) is 0 Å². The van der Waals surface area contributed by atoms with Gasteiger partial charge in [-0.3, -0.25) is 14.6 Å². The molecule has 2 heterocycles. The van der Waals surface area contributed by atoms with Crippen molar-refractivity contribution < 1.29 is 18.7 Å². The Bertz CT molecular complexity index is 891. The van der Waals surface area contributed by atoms with Crippen molar-refractivity contribution in [2.75, 3.05) is 7.11 Å². The predicted octanol–water partition coefficient (Wildman–Crippen LogP) is 2.95. The van der Waals surface area contributed by atoms with Crippen LogP contribution in [-0.2, 0) is 22.4 Å². The van der Waals surface area contributed by atoms with Crippen LogP contribution in [0, 0.1) is 5.82 Å². The minimum atomic E-state index is -0.617. The predicted molar refractivity (Wildman–Crippen MR) is 112 cm³/mol. The number of carbonyl (C=O) groups excluding carboxylic acids is 2. The first-order valence-electron chi connectivity index (χ1n) is 10.2. The third-order valence-corrected chi connectivity index (χ3v) is 5.50. The zero-order valence-electron chi connectivity index (χ0n) is 17.4. The SMILES string of the molecule is COc1ccc(CC2(CCC(=O)NC(C)Cc3ccccn3)CCC(=O)N2)c(F)c1. The summed E-state index contributed by atoms with van der Waals surface area (Å²) in [5.74, 6) is -0.0765. The van der Waals surface area contributed by atoms with E-state index in [0.29, 0.717) is 43.4 Å². The number of nitrogens with zero attached hydrogens (tertiary/aromatic N) is 1. The fourth-order valence-electron chi connectivity index (χ4n) is 3.93. The summed E-state index contributed by atoms with van der Waals surface area (Å²) in [4.78, 5) is 28.7. The van der Waals surface area contributed by atoms with Crippen LogP contribution >= 0.6 is 0 Å². The Kier molecular flexibility index (Phi) is 7.03. The lowest BCUT2D eigenvalue weighted by Crippen LogP contribution is -2.45. The van der Waals surface area contributed by atoms with Gasteiger partial charge in [-0.15, -0.1) is 0 Å². The van der Waals surface area contributed by atoms with Crippen molar-refractivity contribution in [2.45, 2.75) is 57.0 Å². The smallest absolute Gasteiger partial charge is 0.220 e. The Balaban J connectivity index is 1.59. The maximum atomic E-state index is 14.5. The lowest BCUT2D eigenvalue weighted by atomic mass is 9.84. The molecule has 1 aliphatic rings. The monoisotopic (exact) mass is 413 g/mol. The van der Waals surface area contributed by atoms with E-state index in [9.17, 15) is 14.0 Å². The first-order valence-corrected chi connectivity index (χ1v) is 10.2. The molecule has 2 aromatic rings. The van der Waals surface area contributed by atoms with Crippen molar-refractivity contribution in [3.8, 4) is 5.75 Å². The number of ether oxygens (including phenoxy) is 1. The number of rotatable bonds is 9. The summed E-state index contributed by atoms with van der Waals surface area (Å²) in [6, 6.07) is 10.4. The number of amides is 2. The van der Waals surface area contributed by atoms with Gasteiger partial charge in [-0.05, 0) is 49.9 Å². The van der Waals surface area contributed by atoms with Crippen molar-refractivity contribution in [3.05, 3.63) is 59.7 Å². The fraction of sp³-hybridized carbons (Fsp3) is 0.435. The molecule has 2 atom stereocenters. The van der Waals surface area contributed by atoms with Crippen LogP contribution in [0.3, 0.4) is 0 Å². The van der Waals surface area contributed by atoms with Crippen molar-refractivity contribution >= 4 is 11.8 Å². The minimum absolute atomic E-state index is 0.0550. The second kappa shape index (κ2) is 9.69. The quantitative estimate of drug-likeness (QED) is 0.662. The standard InChI is InChI=1S/C23H28FN3O3/c1-16(13-18-5-3-4-12-25-18)26-21(28)8-10-23(11-9-22(29)27-23)15-17-6-7-19(30-2)14-20(17)24/h3-7,12,14,16H,8-11,13,15H2,1-2H3,(H,26,28)(H,27,29). The highest BCUT2D eigenvalue weighted by Gasteiger charge is 2.38. The summed E-state index contributed by atoms with van der Waals surface area (Å²) in [5, 5.41) is 5.98. The molecule has 160 valence electrons. The molecule has 2 amide bonds. The maximum Gasteiger partial charge on any atom is 0.220 e. The first kappa shape index (κ1) is 21.7. The number of hydrogen-bond donors (Lipinski definition) is 2. The second-order valence-electron chi connectivity index (χ2n) is 7.96. The summed E-state index contributed by atoms with van der Waals surface area (Å²) in [5.41, 5.74) is 0.801. The lowest BCUT2D eigenvalue weighted by molar-refractivity contribution is -0.123. The molecule has 0 bridgehead atoms. The molecule has 0 radical (unpaired) electrons. The van der Waals surface area contributed by atoms with E-state index in [0.717, 1.165) is 5.69 Å². The first-order chi connectivity index (χ1) is 14.4. The Hall–Kier alpha value is -2.96. The normalized spacial score (nSPS) is 19.2. The minimum Gasteiger partial charge on any atom is -0.497 e. The molecule has 1 fully saturated rings. The molecule has 0 spiro atoms. The van der Waals surface area contributed by atoms with Crippen molar-refractivity contribution in [3.63, 3.8) is 0 Å². The van der Waals surface area contributed by atoms with Crippen LogP contribution in [-0.4, -0.2) is 35.5 Å². The summed E-state index contributed by atoms with van der Waals surface area (Å²) >= 11 is 0. The molecule has 6 nitrogen and oxygen atoms in total. The van der Waals surface area contributed by atoms with Crippen LogP contribution in [0.4, 0.5) is 4.39 Å². The third-order valence-electron chi connectivity index (χ3n) is 5.50. The number of carbonyl (C=O) groups is 2. The highest BCUT2D eigenvalue weighted by atomic mass is 19.1. The van der Waals surface area contributed by atoms with Crippen LogP contribution in [0.15, 0.2) is 42.6 Å².